The van der Waals surface area contributed by atoms with E-state index in [9.17, 15) is 9.90 Å². The van der Waals surface area contributed by atoms with Gasteiger partial charge in [-0.05, 0) is 94.3 Å². The summed E-state index contributed by atoms with van der Waals surface area (Å²) in [6.45, 7) is 2.94. The number of ether oxygens (including phenoxy) is 1. The molecule has 0 unspecified atom stereocenters. The van der Waals surface area contributed by atoms with Crippen molar-refractivity contribution in [3.05, 3.63) is 18.0 Å². The second-order valence-corrected chi connectivity index (χ2v) is 11.5. The molecule has 4 saturated carbocycles. The zero-order valence-electron chi connectivity index (χ0n) is 19.5. The molecule has 0 radical (unpaired) electrons. The first-order valence-electron chi connectivity index (χ1n) is 12.5. The predicted molar refractivity (Wildman–Crippen MR) is 119 cm³/mol. The summed E-state index contributed by atoms with van der Waals surface area (Å²) in [4.78, 5) is 13.5. The van der Waals surface area contributed by atoms with Crippen molar-refractivity contribution in [2.45, 2.75) is 76.9 Å². The Morgan fingerprint density at radius 2 is 2.03 bits per heavy atom. The van der Waals surface area contributed by atoms with Crippen LogP contribution in [-0.2, 0) is 16.1 Å². The molecule has 8 atom stereocenters. The fraction of sp³-hybridized carbons (Fsp3) is 0.808. The van der Waals surface area contributed by atoms with Gasteiger partial charge in [-0.2, -0.15) is 10.4 Å². The summed E-state index contributed by atoms with van der Waals surface area (Å²) in [5.41, 5.74) is -0.0337. The standard InChI is InChI=1S/C26H37N3O3/c1-25(31)9-7-19-18(11-25)3-4-21-20(19)8-10-26(16-32-2)22(21)5-6-23(26)24(30)15-29-14-17(12-27)13-28-29/h13-14,18-23,31H,3-11,15-16H2,1-2H3/t18-,19+,20-,21-,22+,23-,25-,26-/m1/s1. The monoisotopic (exact) mass is 439 g/mol. The van der Waals surface area contributed by atoms with Crippen LogP contribution in [0.3, 0.4) is 0 Å². The number of nitrogens with zero attached hydrogens (tertiary/aromatic N) is 3. The molecule has 0 aromatic carbocycles. The Labute approximate surface area is 191 Å². The van der Waals surface area contributed by atoms with Crippen LogP contribution in [-0.4, -0.2) is 40.0 Å². The van der Waals surface area contributed by atoms with E-state index in [4.69, 9.17) is 10.00 Å². The molecule has 4 aliphatic carbocycles. The number of carbonyl (C=O) groups excluding carboxylic acids is 1. The van der Waals surface area contributed by atoms with Gasteiger partial charge in [-0.1, -0.05) is 0 Å². The number of methoxy groups -OCH3 is 1. The molecule has 174 valence electrons. The highest BCUT2D eigenvalue weighted by atomic mass is 16.5. The molecule has 0 saturated heterocycles. The van der Waals surface area contributed by atoms with E-state index in [2.05, 4.69) is 11.2 Å². The Morgan fingerprint density at radius 3 is 2.78 bits per heavy atom. The van der Waals surface area contributed by atoms with Crippen molar-refractivity contribution in [1.82, 2.24) is 9.78 Å². The second kappa shape index (κ2) is 8.25. The van der Waals surface area contributed by atoms with Gasteiger partial charge in [-0.25, -0.2) is 0 Å². The summed E-state index contributed by atoms with van der Waals surface area (Å²) in [5, 5.41) is 23.9. The number of Topliss-reactive ketones (excluding diaryl/α,β-unsaturated/α-hetero) is 1. The third-order valence-corrected chi connectivity index (χ3v) is 9.83. The van der Waals surface area contributed by atoms with Crippen LogP contribution in [0.4, 0.5) is 0 Å². The maximum absolute atomic E-state index is 13.5. The van der Waals surface area contributed by atoms with E-state index in [-0.39, 0.29) is 23.7 Å². The molecule has 4 aliphatic rings. The van der Waals surface area contributed by atoms with Gasteiger partial charge in [-0.15, -0.1) is 0 Å². The van der Waals surface area contributed by atoms with Crippen LogP contribution < -0.4 is 0 Å². The number of nitriles is 1. The molecule has 6 nitrogen and oxygen atoms in total. The first kappa shape index (κ1) is 22.1. The van der Waals surface area contributed by atoms with Gasteiger partial charge in [0.15, 0.2) is 5.78 Å². The van der Waals surface area contributed by atoms with Crippen molar-refractivity contribution in [2.75, 3.05) is 13.7 Å². The van der Waals surface area contributed by atoms with Crippen LogP contribution in [0.25, 0.3) is 0 Å². The Kier molecular flexibility index (Phi) is 5.70. The van der Waals surface area contributed by atoms with Crippen LogP contribution in [0.5, 0.6) is 0 Å². The van der Waals surface area contributed by atoms with Crippen LogP contribution in [0.1, 0.15) is 70.3 Å². The van der Waals surface area contributed by atoms with Crippen LogP contribution in [0, 0.1) is 52.3 Å². The van der Waals surface area contributed by atoms with E-state index in [0.717, 1.165) is 50.4 Å². The van der Waals surface area contributed by atoms with Gasteiger partial charge in [0, 0.05) is 24.6 Å². The summed E-state index contributed by atoms with van der Waals surface area (Å²) >= 11 is 0. The van der Waals surface area contributed by atoms with Crippen molar-refractivity contribution < 1.29 is 14.6 Å². The first-order valence-corrected chi connectivity index (χ1v) is 12.5. The quantitative estimate of drug-likeness (QED) is 0.750. The molecule has 0 aliphatic heterocycles. The number of rotatable bonds is 5. The van der Waals surface area contributed by atoms with Crippen LogP contribution >= 0.6 is 0 Å². The fourth-order valence-electron chi connectivity index (χ4n) is 8.70. The highest BCUT2D eigenvalue weighted by Crippen LogP contribution is 2.65. The van der Waals surface area contributed by atoms with Crippen molar-refractivity contribution in [1.29, 1.82) is 5.26 Å². The molecule has 1 N–H and O–H groups in total. The van der Waals surface area contributed by atoms with E-state index in [1.165, 1.54) is 25.5 Å². The summed E-state index contributed by atoms with van der Waals surface area (Å²) in [7, 11) is 1.78. The Balaban J connectivity index is 1.35. The van der Waals surface area contributed by atoms with Gasteiger partial charge in [0.1, 0.15) is 6.07 Å². The van der Waals surface area contributed by atoms with Crippen molar-refractivity contribution in [3.8, 4) is 6.07 Å². The fourth-order valence-corrected chi connectivity index (χ4v) is 8.70. The predicted octanol–water partition coefficient (Wildman–Crippen LogP) is 3.97. The number of hydrogen-bond acceptors (Lipinski definition) is 5. The maximum atomic E-state index is 13.5. The van der Waals surface area contributed by atoms with E-state index >= 15 is 0 Å². The summed E-state index contributed by atoms with van der Waals surface area (Å²) in [6.07, 6.45) is 13.1. The largest absolute Gasteiger partial charge is 0.390 e. The molecule has 1 aromatic heterocycles. The minimum atomic E-state index is -0.481. The summed E-state index contributed by atoms with van der Waals surface area (Å²) in [6, 6.07) is 2.09. The zero-order valence-corrected chi connectivity index (χ0v) is 19.5. The van der Waals surface area contributed by atoms with Gasteiger partial charge in [0.2, 0.25) is 0 Å². The lowest BCUT2D eigenvalue weighted by atomic mass is 9.48. The number of aliphatic hydroxyl groups is 1. The molecule has 1 heterocycles. The Bertz CT molecular complexity index is 902. The highest BCUT2D eigenvalue weighted by Gasteiger charge is 2.60. The third kappa shape index (κ3) is 3.62. The van der Waals surface area contributed by atoms with Gasteiger partial charge in [0.25, 0.3) is 0 Å². The highest BCUT2D eigenvalue weighted by molar-refractivity contribution is 5.82. The Morgan fingerprint density at radius 1 is 1.22 bits per heavy atom. The molecule has 0 spiro atoms. The van der Waals surface area contributed by atoms with E-state index in [1.54, 1.807) is 18.0 Å². The topological polar surface area (TPSA) is 88.1 Å². The van der Waals surface area contributed by atoms with Gasteiger partial charge in [0.05, 0.1) is 30.5 Å². The molecule has 1 aromatic rings. The molecule has 32 heavy (non-hydrogen) atoms. The SMILES string of the molecule is COC[C@]12CC[C@H]3[C@@H](CC[C@@H]4C[C@](C)(O)CC[C@@H]43)[C@@H]1CC[C@@H]2C(=O)Cn1cc(C#N)cn1. The third-order valence-electron chi connectivity index (χ3n) is 9.83. The number of aromatic nitrogens is 2. The first-order chi connectivity index (χ1) is 15.4. The van der Waals surface area contributed by atoms with Crippen molar-refractivity contribution >= 4 is 5.78 Å². The number of carbonyl (C=O) groups is 1. The number of ketones is 1. The lowest BCUT2D eigenvalue weighted by molar-refractivity contribution is -0.141. The molecule has 0 bridgehead atoms. The van der Waals surface area contributed by atoms with Gasteiger partial charge >= 0.3 is 0 Å². The smallest absolute Gasteiger partial charge is 0.157 e. The minimum Gasteiger partial charge on any atom is -0.390 e. The van der Waals surface area contributed by atoms with E-state index in [1.807, 2.05) is 6.92 Å². The number of fused-ring (bicyclic) bond motifs is 5. The average Bonchev–Trinajstić information content (AvgIpc) is 3.37. The lowest BCUT2D eigenvalue weighted by Crippen LogP contribution is -2.53. The molecule has 0 amide bonds. The van der Waals surface area contributed by atoms with Crippen molar-refractivity contribution in [2.24, 2.45) is 40.9 Å². The van der Waals surface area contributed by atoms with Gasteiger partial charge in [-0.3, -0.25) is 9.48 Å². The molecule has 4 fully saturated rings. The lowest BCUT2D eigenvalue weighted by Gasteiger charge is -2.57. The Hall–Kier alpha value is -1.71. The van der Waals surface area contributed by atoms with Crippen LogP contribution in [0.15, 0.2) is 12.4 Å². The second-order valence-electron chi connectivity index (χ2n) is 11.5. The summed E-state index contributed by atoms with van der Waals surface area (Å²) < 4.78 is 7.43. The number of hydrogen-bond donors (Lipinski definition) is 1. The van der Waals surface area contributed by atoms with Crippen LogP contribution in [0.2, 0.25) is 0 Å². The minimum absolute atomic E-state index is 0.0212. The summed E-state index contributed by atoms with van der Waals surface area (Å²) in [5.74, 6) is 3.69. The maximum Gasteiger partial charge on any atom is 0.157 e. The van der Waals surface area contributed by atoms with Crippen molar-refractivity contribution in [3.63, 3.8) is 0 Å². The van der Waals surface area contributed by atoms with Gasteiger partial charge < -0.3 is 9.84 Å². The molecule has 5 rings (SSSR count). The molecular weight excluding hydrogens is 402 g/mol. The van der Waals surface area contributed by atoms with E-state index in [0.29, 0.717) is 29.9 Å². The molecular formula is C26H37N3O3. The zero-order chi connectivity index (χ0) is 22.5. The molecule has 6 heteroatoms. The average molecular weight is 440 g/mol. The normalized spacial score (nSPS) is 43.1. The van der Waals surface area contributed by atoms with E-state index < -0.39 is 5.60 Å².